The summed E-state index contributed by atoms with van der Waals surface area (Å²) in [6.07, 6.45) is 7.85. The van der Waals surface area contributed by atoms with Gasteiger partial charge < -0.3 is 10.0 Å². The molecule has 0 fully saturated rings. The molecule has 140 valence electrons. The van der Waals surface area contributed by atoms with E-state index < -0.39 is 0 Å². The predicted octanol–water partition coefficient (Wildman–Crippen LogP) is 5.46. The molecule has 0 aliphatic heterocycles. The molecular formula is C21H28N2O3. The van der Waals surface area contributed by atoms with Crippen LogP contribution in [0.15, 0.2) is 54.6 Å². The average Bonchev–Trinajstić information content (AvgIpc) is 2.68. The molecule has 0 spiro atoms. The molecule has 1 N–H and O–H groups in total. The van der Waals surface area contributed by atoms with Crippen LogP contribution in [-0.4, -0.2) is 23.2 Å². The molecule has 0 heterocycles. The number of anilines is 2. The Labute approximate surface area is 155 Å². The number of nitrogens with zero attached hydrogens (tertiary/aromatic N) is 2. The van der Waals surface area contributed by atoms with Gasteiger partial charge in [-0.15, -0.1) is 0 Å². The Balaban J connectivity index is 1.92. The van der Waals surface area contributed by atoms with Crippen LogP contribution in [0.1, 0.15) is 44.9 Å². The van der Waals surface area contributed by atoms with Crippen LogP contribution in [0.25, 0.3) is 0 Å². The number of rotatable bonds is 12. The third-order valence-corrected chi connectivity index (χ3v) is 4.48. The highest BCUT2D eigenvalue weighted by atomic mass is 16.6. The number of nitro benzene ring substituents is 1. The molecule has 0 unspecified atom stereocenters. The molecule has 2 aromatic rings. The maximum Gasteiger partial charge on any atom is 0.269 e. The SMILES string of the molecule is O=[N+]([O-])c1ccc(N(CCCCCCCCCO)c2ccccc2)cc1. The van der Waals surface area contributed by atoms with Crippen LogP contribution in [-0.2, 0) is 0 Å². The van der Waals surface area contributed by atoms with Gasteiger partial charge in [-0.3, -0.25) is 10.1 Å². The van der Waals surface area contributed by atoms with Gasteiger partial charge in [-0.25, -0.2) is 0 Å². The molecule has 0 radical (unpaired) electrons. The van der Waals surface area contributed by atoms with Crippen molar-refractivity contribution in [1.82, 2.24) is 0 Å². The van der Waals surface area contributed by atoms with Crippen molar-refractivity contribution in [3.05, 3.63) is 64.7 Å². The van der Waals surface area contributed by atoms with Crippen LogP contribution >= 0.6 is 0 Å². The van der Waals surface area contributed by atoms with Gasteiger partial charge in [-0.2, -0.15) is 0 Å². The van der Waals surface area contributed by atoms with Gasteiger partial charge in [0.25, 0.3) is 5.69 Å². The molecule has 0 amide bonds. The molecule has 5 heteroatoms. The normalized spacial score (nSPS) is 10.7. The van der Waals surface area contributed by atoms with Crippen LogP contribution < -0.4 is 4.90 Å². The molecular weight excluding hydrogens is 328 g/mol. The smallest absolute Gasteiger partial charge is 0.269 e. The molecule has 2 aromatic carbocycles. The monoisotopic (exact) mass is 356 g/mol. The largest absolute Gasteiger partial charge is 0.396 e. The first-order valence-electron chi connectivity index (χ1n) is 9.40. The van der Waals surface area contributed by atoms with E-state index in [4.69, 9.17) is 5.11 Å². The van der Waals surface area contributed by atoms with Crippen LogP contribution in [0.5, 0.6) is 0 Å². The van der Waals surface area contributed by atoms with E-state index >= 15 is 0 Å². The lowest BCUT2D eigenvalue weighted by atomic mass is 10.1. The lowest BCUT2D eigenvalue weighted by Gasteiger charge is -2.25. The van der Waals surface area contributed by atoms with Crippen molar-refractivity contribution in [2.24, 2.45) is 0 Å². The van der Waals surface area contributed by atoms with Gasteiger partial charge in [-0.05, 0) is 37.1 Å². The van der Waals surface area contributed by atoms with Gasteiger partial charge in [0.2, 0.25) is 0 Å². The lowest BCUT2D eigenvalue weighted by molar-refractivity contribution is -0.384. The van der Waals surface area contributed by atoms with E-state index in [2.05, 4.69) is 17.0 Å². The van der Waals surface area contributed by atoms with Crippen molar-refractivity contribution >= 4 is 17.1 Å². The molecule has 0 atom stereocenters. The first kappa shape index (κ1) is 19.9. The molecule has 0 aliphatic rings. The minimum absolute atomic E-state index is 0.115. The standard InChI is InChI=1S/C21H28N2O3/c24-18-10-5-3-1-2-4-9-17-22(19-11-7-6-8-12-19)20-13-15-21(16-14-20)23(25)26/h6-8,11-16,24H,1-5,9-10,17-18H2. The van der Waals surface area contributed by atoms with E-state index in [1.54, 1.807) is 12.1 Å². The minimum Gasteiger partial charge on any atom is -0.396 e. The molecule has 0 aliphatic carbocycles. The number of para-hydroxylation sites is 1. The zero-order valence-corrected chi connectivity index (χ0v) is 15.2. The fourth-order valence-corrected chi connectivity index (χ4v) is 3.04. The molecule has 26 heavy (non-hydrogen) atoms. The molecule has 5 nitrogen and oxygen atoms in total. The molecule has 0 saturated heterocycles. The zero-order chi connectivity index (χ0) is 18.6. The Morgan fingerprint density at radius 3 is 1.88 bits per heavy atom. The minimum atomic E-state index is -0.368. The van der Waals surface area contributed by atoms with E-state index in [9.17, 15) is 10.1 Å². The van der Waals surface area contributed by atoms with Crippen LogP contribution in [0.4, 0.5) is 17.1 Å². The Kier molecular flexibility index (Phi) is 8.63. The molecule has 0 aromatic heterocycles. The van der Waals surface area contributed by atoms with Crippen molar-refractivity contribution in [2.45, 2.75) is 44.9 Å². The predicted molar refractivity (Wildman–Crippen MR) is 106 cm³/mol. The maximum atomic E-state index is 10.9. The Morgan fingerprint density at radius 1 is 0.769 bits per heavy atom. The number of nitro groups is 1. The highest BCUT2D eigenvalue weighted by Crippen LogP contribution is 2.27. The zero-order valence-electron chi connectivity index (χ0n) is 15.2. The van der Waals surface area contributed by atoms with Crippen molar-refractivity contribution in [2.75, 3.05) is 18.1 Å². The summed E-state index contributed by atoms with van der Waals surface area (Å²) < 4.78 is 0. The van der Waals surface area contributed by atoms with Crippen LogP contribution in [0.3, 0.4) is 0 Å². The van der Waals surface area contributed by atoms with Gasteiger partial charge in [-0.1, -0.05) is 50.3 Å². The highest BCUT2D eigenvalue weighted by molar-refractivity contribution is 5.64. The van der Waals surface area contributed by atoms with Gasteiger partial charge in [0.15, 0.2) is 0 Å². The van der Waals surface area contributed by atoms with Gasteiger partial charge in [0.1, 0.15) is 0 Å². The summed E-state index contributed by atoms with van der Waals surface area (Å²) in [6, 6.07) is 16.9. The van der Waals surface area contributed by atoms with E-state index in [0.29, 0.717) is 6.61 Å². The van der Waals surface area contributed by atoms with Crippen molar-refractivity contribution in [3.63, 3.8) is 0 Å². The van der Waals surface area contributed by atoms with E-state index in [1.165, 1.54) is 19.3 Å². The van der Waals surface area contributed by atoms with Gasteiger partial charge in [0.05, 0.1) is 4.92 Å². The number of non-ortho nitro benzene ring substituents is 1. The Hall–Kier alpha value is -2.40. The summed E-state index contributed by atoms with van der Waals surface area (Å²) in [5.41, 5.74) is 2.19. The van der Waals surface area contributed by atoms with Gasteiger partial charge in [0, 0.05) is 36.7 Å². The Morgan fingerprint density at radius 2 is 1.31 bits per heavy atom. The summed E-state index contributed by atoms with van der Waals surface area (Å²) in [4.78, 5) is 12.7. The average molecular weight is 356 g/mol. The number of aliphatic hydroxyl groups excluding tert-OH is 1. The van der Waals surface area contributed by atoms with E-state index in [1.807, 2.05) is 30.3 Å². The molecule has 0 bridgehead atoms. The third-order valence-electron chi connectivity index (χ3n) is 4.48. The van der Waals surface area contributed by atoms with E-state index in [-0.39, 0.29) is 10.6 Å². The Bertz CT molecular complexity index is 644. The number of benzene rings is 2. The second-order valence-corrected chi connectivity index (χ2v) is 6.46. The van der Waals surface area contributed by atoms with Crippen LogP contribution in [0, 0.1) is 10.1 Å². The van der Waals surface area contributed by atoms with Crippen molar-refractivity contribution in [3.8, 4) is 0 Å². The third kappa shape index (κ3) is 6.48. The first-order chi connectivity index (χ1) is 12.7. The highest BCUT2D eigenvalue weighted by Gasteiger charge is 2.11. The number of unbranched alkanes of at least 4 members (excludes halogenated alkanes) is 6. The second kappa shape index (κ2) is 11.3. The van der Waals surface area contributed by atoms with Gasteiger partial charge >= 0.3 is 0 Å². The summed E-state index contributed by atoms with van der Waals surface area (Å²) in [5, 5.41) is 19.7. The molecule has 0 saturated carbocycles. The maximum absolute atomic E-state index is 10.9. The fraction of sp³-hybridized carbons (Fsp3) is 0.429. The van der Waals surface area contributed by atoms with E-state index in [0.717, 1.165) is 43.6 Å². The number of hydrogen-bond donors (Lipinski definition) is 1. The quantitative estimate of drug-likeness (QED) is 0.312. The summed E-state index contributed by atoms with van der Waals surface area (Å²) in [7, 11) is 0. The second-order valence-electron chi connectivity index (χ2n) is 6.46. The van der Waals surface area contributed by atoms with Crippen LogP contribution in [0.2, 0.25) is 0 Å². The molecule has 2 rings (SSSR count). The van der Waals surface area contributed by atoms with Crippen molar-refractivity contribution < 1.29 is 10.0 Å². The number of hydrogen-bond acceptors (Lipinski definition) is 4. The topological polar surface area (TPSA) is 66.6 Å². The summed E-state index contributed by atoms with van der Waals surface area (Å²) >= 11 is 0. The summed E-state index contributed by atoms with van der Waals surface area (Å²) in [5.74, 6) is 0. The van der Waals surface area contributed by atoms with Crippen molar-refractivity contribution in [1.29, 1.82) is 0 Å². The first-order valence-corrected chi connectivity index (χ1v) is 9.40. The lowest BCUT2D eigenvalue weighted by Crippen LogP contribution is -2.18. The number of aliphatic hydroxyl groups is 1. The summed E-state index contributed by atoms with van der Waals surface area (Å²) in [6.45, 7) is 1.18. The fourth-order valence-electron chi connectivity index (χ4n) is 3.04.